The molecule has 1 atom stereocenters. The number of carbonyl (C=O) groups is 3. The Hall–Kier alpha value is -4.19. The smallest absolute Gasteiger partial charge is 0.481 e. The SMILES string of the molecule is NCC1CCC(C(=O)N[C@@H](Cc2ccccc2)c2ncc(-c3cccc(CC(=O)O)c3)[nH]2)CC1.O=C(O)C(F)(F)F. The Morgan fingerprint density at radius 1 is 1.00 bits per heavy atom. The highest BCUT2D eigenvalue weighted by atomic mass is 19.4. The second-order valence-electron chi connectivity index (χ2n) is 9.96. The second-order valence-corrected chi connectivity index (χ2v) is 9.96. The van der Waals surface area contributed by atoms with Crippen LogP contribution in [0.2, 0.25) is 0 Å². The Morgan fingerprint density at radius 3 is 2.22 bits per heavy atom. The first-order valence-corrected chi connectivity index (χ1v) is 13.2. The Labute approximate surface area is 235 Å². The van der Waals surface area contributed by atoms with Crippen LogP contribution < -0.4 is 11.1 Å². The molecule has 0 radical (unpaired) electrons. The molecule has 6 N–H and O–H groups in total. The summed E-state index contributed by atoms with van der Waals surface area (Å²) < 4.78 is 31.7. The number of alkyl halides is 3. The van der Waals surface area contributed by atoms with E-state index in [2.05, 4.69) is 15.3 Å². The van der Waals surface area contributed by atoms with Crippen LogP contribution in [0.4, 0.5) is 13.2 Å². The summed E-state index contributed by atoms with van der Waals surface area (Å²) in [6, 6.07) is 17.2. The van der Waals surface area contributed by atoms with E-state index in [1.165, 1.54) is 0 Å². The van der Waals surface area contributed by atoms with Crippen molar-refractivity contribution in [3.8, 4) is 11.3 Å². The number of aromatic amines is 1. The van der Waals surface area contributed by atoms with Crippen LogP contribution in [0.3, 0.4) is 0 Å². The number of rotatable bonds is 9. The zero-order valence-corrected chi connectivity index (χ0v) is 22.2. The molecule has 9 nitrogen and oxygen atoms in total. The maximum Gasteiger partial charge on any atom is 0.490 e. The Kier molecular flexibility index (Phi) is 11.0. The zero-order chi connectivity index (χ0) is 30.0. The number of hydrogen-bond donors (Lipinski definition) is 5. The molecule has 12 heteroatoms. The van der Waals surface area contributed by atoms with E-state index in [0.717, 1.165) is 48.1 Å². The van der Waals surface area contributed by atoms with Crippen molar-refractivity contribution >= 4 is 17.8 Å². The fourth-order valence-electron chi connectivity index (χ4n) is 4.70. The first-order chi connectivity index (χ1) is 19.5. The van der Waals surface area contributed by atoms with Gasteiger partial charge in [0.15, 0.2) is 0 Å². The van der Waals surface area contributed by atoms with Gasteiger partial charge in [0, 0.05) is 5.92 Å². The van der Waals surface area contributed by atoms with Gasteiger partial charge in [0.1, 0.15) is 5.82 Å². The average molecular weight is 575 g/mol. The molecule has 1 aliphatic rings. The highest BCUT2D eigenvalue weighted by Crippen LogP contribution is 2.29. The summed E-state index contributed by atoms with van der Waals surface area (Å²) in [5, 5.41) is 19.5. The van der Waals surface area contributed by atoms with Crippen LogP contribution in [-0.4, -0.2) is 50.7 Å². The fourth-order valence-corrected chi connectivity index (χ4v) is 4.70. The summed E-state index contributed by atoms with van der Waals surface area (Å²) in [6.45, 7) is 0.688. The third kappa shape index (κ3) is 9.75. The van der Waals surface area contributed by atoms with Gasteiger partial charge in [0.2, 0.25) is 5.91 Å². The van der Waals surface area contributed by atoms with Gasteiger partial charge in [-0.3, -0.25) is 9.59 Å². The van der Waals surface area contributed by atoms with Crippen molar-refractivity contribution in [2.75, 3.05) is 6.54 Å². The van der Waals surface area contributed by atoms with Gasteiger partial charge in [-0.05, 0) is 67.3 Å². The third-order valence-corrected chi connectivity index (χ3v) is 6.91. The Balaban J connectivity index is 0.000000587. The van der Waals surface area contributed by atoms with Crippen LogP contribution in [-0.2, 0) is 27.2 Å². The molecular weight excluding hydrogens is 541 g/mol. The molecule has 0 saturated heterocycles. The van der Waals surface area contributed by atoms with Gasteiger partial charge in [-0.25, -0.2) is 9.78 Å². The van der Waals surface area contributed by atoms with Crippen LogP contribution in [0, 0.1) is 11.8 Å². The number of aromatic nitrogens is 2. The van der Waals surface area contributed by atoms with E-state index >= 15 is 0 Å². The number of imidazole rings is 1. The van der Waals surface area contributed by atoms with Crippen molar-refractivity contribution in [3.05, 3.63) is 77.7 Å². The molecule has 0 unspecified atom stereocenters. The quantitative estimate of drug-likeness (QED) is 0.252. The van der Waals surface area contributed by atoms with Crippen LogP contribution >= 0.6 is 0 Å². The molecule has 1 aliphatic carbocycles. The van der Waals surface area contributed by atoms with E-state index in [0.29, 0.717) is 24.7 Å². The zero-order valence-electron chi connectivity index (χ0n) is 22.2. The van der Waals surface area contributed by atoms with Crippen LogP contribution in [0.15, 0.2) is 60.8 Å². The standard InChI is InChI=1S/C27H32N4O3.C2HF3O2/c28-16-19-9-11-21(12-10-19)27(34)31-23(14-18-5-2-1-3-6-18)26-29-17-24(30-26)22-8-4-7-20(13-22)15-25(32)33;3-2(4,5)1(6)7/h1-8,13,17,19,21,23H,9-12,14-16,28H2,(H,29,30)(H,31,34)(H,32,33);(H,6,7)/t19?,21?,23-;/m0./s1. The summed E-state index contributed by atoms with van der Waals surface area (Å²) in [4.78, 5) is 41.1. The van der Waals surface area contributed by atoms with Gasteiger partial charge in [-0.15, -0.1) is 0 Å². The minimum absolute atomic E-state index is 0.00297. The lowest BCUT2D eigenvalue weighted by Crippen LogP contribution is -2.37. The van der Waals surface area contributed by atoms with Crippen LogP contribution in [0.5, 0.6) is 0 Å². The number of H-pyrrole nitrogens is 1. The number of carboxylic acid groups (broad SMARTS) is 2. The molecule has 2 aromatic carbocycles. The van der Waals surface area contributed by atoms with Crippen LogP contribution in [0.25, 0.3) is 11.3 Å². The van der Waals surface area contributed by atoms with Gasteiger partial charge in [-0.1, -0.05) is 48.5 Å². The molecule has 0 spiro atoms. The van der Waals surface area contributed by atoms with E-state index in [1.54, 1.807) is 12.3 Å². The molecule has 1 amide bonds. The normalized spacial score (nSPS) is 17.6. The monoisotopic (exact) mass is 574 g/mol. The maximum absolute atomic E-state index is 13.2. The molecule has 41 heavy (non-hydrogen) atoms. The molecule has 1 aromatic heterocycles. The van der Waals surface area contributed by atoms with Gasteiger partial charge in [-0.2, -0.15) is 13.2 Å². The first-order valence-electron chi connectivity index (χ1n) is 13.2. The van der Waals surface area contributed by atoms with E-state index in [9.17, 15) is 22.8 Å². The predicted octanol–water partition coefficient (Wildman–Crippen LogP) is 4.50. The lowest BCUT2D eigenvalue weighted by Gasteiger charge is -2.28. The van der Waals surface area contributed by atoms with Gasteiger partial charge in [0.25, 0.3) is 0 Å². The number of carboxylic acids is 2. The molecule has 3 aromatic rings. The van der Waals surface area contributed by atoms with Crippen molar-refractivity contribution in [2.24, 2.45) is 17.6 Å². The lowest BCUT2D eigenvalue weighted by atomic mass is 9.81. The number of aliphatic carboxylic acids is 2. The number of halogens is 3. The van der Waals surface area contributed by atoms with Gasteiger partial charge in [0.05, 0.1) is 24.4 Å². The summed E-state index contributed by atoms with van der Waals surface area (Å²) in [5.74, 6) is -2.35. The maximum atomic E-state index is 13.2. The number of hydrogen-bond acceptors (Lipinski definition) is 5. The Bertz CT molecular complexity index is 1310. The number of nitrogens with two attached hydrogens (primary N) is 1. The lowest BCUT2D eigenvalue weighted by molar-refractivity contribution is -0.192. The summed E-state index contributed by atoms with van der Waals surface area (Å²) in [5.41, 5.74) is 9.30. The minimum Gasteiger partial charge on any atom is -0.481 e. The van der Waals surface area contributed by atoms with Crippen molar-refractivity contribution < 1.29 is 37.8 Å². The summed E-state index contributed by atoms with van der Waals surface area (Å²) in [7, 11) is 0. The molecule has 0 bridgehead atoms. The van der Waals surface area contributed by atoms with E-state index in [-0.39, 0.29) is 24.3 Å². The highest BCUT2D eigenvalue weighted by molar-refractivity contribution is 5.79. The molecule has 4 rings (SSSR count). The number of nitrogens with one attached hydrogen (secondary N) is 2. The van der Waals surface area contributed by atoms with Gasteiger partial charge >= 0.3 is 18.1 Å². The number of carbonyl (C=O) groups excluding carboxylic acids is 1. The third-order valence-electron chi connectivity index (χ3n) is 6.91. The molecule has 1 fully saturated rings. The minimum atomic E-state index is -5.08. The van der Waals surface area contributed by atoms with Crippen LogP contribution in [0.1, 0.15) is 48.7 Å². The molecule has 220 valence electrons. The van der Waals surface area contributed by atoms with Gasteiger partial charge < -0.3 is 26.2 Å². The fraction of sp³-hybridized carbons (Fsp3) is 0.379. The summed E-state index contributed by atoms with van der Waals surface area (Å²) >= 11 is 0. The van der Waals surface area contributed by atoms with E-state index < -0.39 is 18.1 Å². The van der Waals surface area contributed by atoms with E-state index in [1.807, 2.05) is 48.5 Å². The number of amides is 1. The Morgan fingerprint density at radius 2 is 1.63 bits per heavy atom. The van der Waals surface area contributed by atoms with Crippen molar-refractivity contribution in [3.63, 3.8) is 0 Å². The second kappa shape index (κ2) is 14.4. The van der Waals surface area contributed by atoms with E-state index in [4.69, 9.17) is 20.7 Å². The average Bonchev–Trinajstić information content (AvgIpc) is 3.43. The largest absolute Gasteiger partial charge is 0.490 e. The van der Waals surface area contributed by atoms with Crippen molar-refractivity contribution in [1.29, 1.82) is 0 Å². The molecule has 1 saturated carbocycles. The topological polar surface area (TPSA) is 158 Å². The number of benzene rings is 2. The summed E-state index contributed by atoms with van der Waals surface area (Å²) in [6.07, 6.45) is 0.971. The van der Waals surface area contributed by atoms with Crippen molar-refractivity contribution in [2.45, 2.75) is 50.7 Å². The molecular formula is C29H33F3N4O5. The first kappa shape index (κ1) is 31.3. The predicted molar refractivity (Wildman–Crippen MR) is 145 cm³/mol. The molecule has 1 heterocycles. The number of nitrogens with zero attached hydrogens (tertiary/aromatic N) is 1. The molecule has 0 aliphatic heterocycles. The van der Waals surface area contributed by atoms with Crippen molar-refractivity contribution in [1.82, 2.24) is 15.3 Å². The highest BCUT2D eigenvalue weighted by Gasteiger charge is 2.38.